The third-order valence-electron chi connectivity index (χ3n) is 3.47. The Balaban J connectivity index is 1.71. The summed E-state index contributed by atoms with van der Waals surface area (Å²) in [4.78, 5) is 23.0. The summed E-state index contributed by atoms with van der Waals surface area (Å²) in [6.45, 7) is 0.961. The van der Waals surface area contributed by atoms with Gasteiger partial charge in [0.1, 0.15) is 5.71 Å². The van der Waals surface area contributed by atoms with Gasteiger partial charge in [-0.1, -0.05) is 6.07 Å². The van der Waals surface area contributed by atoms with E-state index in [0.717, 1.165) is 30.8 Å². The number of aryl methyl sites for hydroxylation is 1. The largest absolute Gasteiger partial charge is 0.385 e. The van der Waals surface area contributed by atoms with E-state index in [4.69, 9.17) is 0 Å². The Morgan fingerprint density at radius 1 is 1.25 bits per heavy atom. The molecule has 6 heteroatoms. The number of nitrogens with one attached hydrogen (secondary N) is 3. The molecule has 104 valence electrons. The minimum atomic E-state index is -0.263. The molecule has 3 rings (SSSR count). The second-order valence-electron chi connectivity index (χ2n) is 4.95. The van der Waals surface area contributed by atoms with Gasteiger partial charge in [0.05, 0.1) is 0 Å². The van der Waals surface area contributed by atoms with Crippen LogP contribution < -0.4 is 16.1 Å². The van der Waals surface area contributed by atoms with E-state index in [1.54, 1.807) is 0 Å². The van der Waals surface area contributed by atoms with Crippen molar-refractivity contribution in [3.05, 3.63) is 23.8 Å². The van der Waals surface area contributed by atoms with Crippen LogP contribution in [0.5, 0.6) is 0 Å². The molecule has 2 aliphatic heterocycles. The first-order valence-corrected chi connectivity index (χ1v) is 6.76. The fourth-order valence-electron chi connectivity index (χ4n) is 2.38. The van der Waals surface area contributed by atoms with Crippen molar-refractivity contribution in [3.8, 4) is 0 Å². The van der Waals surface area contributed by atoms with Crippen molar-refractivity contribution in [1.29, 1.82) is 0 Å². The van der Waals surface area contributed by atoms with Gasteiger partial charge in [0.2, 0.25) is 5.91 Å². The molecule has 0 spiro atoms. The summed E-state index contributed by atoms with van der Waals surface area (Å²) in [5, 5.41) is 9.92. The molecule has 0 fully saturated rings. The van der Waals surface area contributed by atoms with Crippen LogP contribution in [0.25, 0.3) is 0 Å². The number of carbonyl (C=O) groups is 2. The smallest absolute Gasteiger partial charge is 0.271 e. The van der Waals surface area contributed by atoms with Gasteiger partial charge in [-0.3, -0.25) is 9.59 Å². The molecule has 0 unspecified atom stereocenters. The number of anilines is 2. The summed E-state index contributed by atoms with van der Waals surface area (Å²) in [6, 6.07) is 5.86. The number of nitrogens with zero attached hydrogens (tertiary/aromatic N) is 1. The maximum atomic E-state index is 12.0. The summed E-state index contributed by atoms with van der Waals surface area (Å²) < 4.78 is 0. The van der Waals surface area contributed by atoms with Gasteiger partial charge in [0, 0.05) is 30.8 Å². The highest BCUT2D eigenvalue weighted by Crippen LogP contribution is 2.25. The third-order valence-corrected chi connectivity index (χ3v) is 3.47. The first kappa shape index (κ1) is 12.7. The second-order valence-corrected chi connectivity index (χ2v) is 4.95. The summed E-state index contributed by atoms with van der Waals surface area (Å²) in [5.74, 6) is -0.416. The molecule has 0 bridgehead atoms. The maximum absolute atomic E-state index is 12.0. The molecule has 0 aromatic heterocycles. The van der Waals surface area contributed by atoms with E-state index in [2.05, 4.69) is 21.2 Å². The zero-order valence-corrected chi connectivity index (χ0v) is 11.0. The summed E-state index contributed by atoms with van der Waals surface area (Å²) in [5.41, 5.74) is 5.77. The summed E-state index contributed by atoms with van der Waals surface area (Å²) >= 11 is 0. The molecular weight excluding hydrogens is 256 g/mol. The van der Waals surface area contributed by atoms with Crippen LogP contribution in [-0.2, 0) is 16.0 Å². The molecule has 2 heterocycles. The molecule has 1 aromatic rings. The van der Waals surface area contributed by atoms with Crippen molar-refractivity contribution < 1.29 is 9.59 Å². The zero-order valence-electron chi connectivity index (χ0n) is 11.0. The third kappa shape index (κ3) is 2.64. The van der Waals surface area contributed by atoms with Gasteiger partial charge >= 0.3 is 0 Å². The first-order chi connectivity index (χ1) is 9.72. The van der Waals surface area contributed by atoms with Crippen LogP contribution in [0.15, 0.2) is 23.3 Å². The van der Waals surface area contributed by atoms with Crippen molar-refractivity contribution in [2.75, 3.05) is 17.2 Å². The average Bonchev–Trinajstić information content (AvgIpc) is 2.48. The highest BCUT2D eigenvalue weighted by molar-refractivity contribution is 6.43. The molecule has 0 saturated heterocycles. The Morgan fingerprint density at radius 2 is 2.15 bits per heavy atom. The van der Waals surface area contributed by atoms with E-state index in [-0.39, 0.29) is 11.8 Å². The number of hydrogen-bond donors (Lipinski definition) is 3. The highest BCUT2D eigenvalue weighted by atomic mass is 16.2. The van der Waals surface area contributed by atoms with Crippen LogP contribution >= 0.6 is 0 Å². The standard InChI is InChI=1S/C14H16N4O2/c19-13-6-5-11(17-18-13)14(20)16-10-4-3-9-2-1-7-15-12(9)8-10/h3-4,8,15H,1-2,5-7H2,(H,16,20)(H,18,19). The van der Waals surface area contributed by atoms with E-state index in [1.807, 2.05) is 18.2 Å². The monoisotopic (exact) mass is 272 g/mol. The van der Waals surface area contributed by atoms with Crippen LogP contribution in [0.3, 0.4) is 0 Å². The van der Waals surface area contributed by atoms with Gasteiger partial charge in [0.25, 0.3) is 5.91 Å². The van der Waals surface area contributed by atoms with Crippen molar-refractivity contribution in [2.24, 2.45) is 5.10 Å². The van der Waals surface area contributed by atoms with Gasteiger partial charge in [-0.05, 0) is 30.5 Å². The minimum Gasteiger partial charge on any atom is -0.385 e. The Bertz CT molecular complexity index is 595. The van der Waals surface area contributed by atoms with E-state index in [9.17, 15) is 9.59 Å². The number of amides is 2. The zero-order chi connectivity index (χ0) is 13.9. The molecule has 1 aromatic carbocycles. The predicted molar refractivity (Wildman–Crippen MR) is 76.7 cm³/mol. The maximum Gasteiger partial charge on any atom is 0.271 e. The Kier molecular flexibility index (Phi) is 3.37. The normalized spacial score (nSPS) is 17.4. The fourth-order valence-corrected chi connectivity index (χ4v) is 2.38. The number of fused-ring (bicyclic) bond motifs is 1. The molecule has 0 radical (unpaired) electrons. The van der Waals surface area contributed by atoms with Crippen molar-refractivity contribution in [1.82, 2.24) is 5.43 Å². The molecule has 0 aliphatic carbocycles. The van der Waals surface area contributed by atoms with Crippen LogP contribution in [0.4, 0.5) is 11.4 Å². The van der Waals surface area contributed by atoms with E-state index >= 15 is 0 Å². The number of carbonyl (C=O) groups excluding carboxylic acids is 2. The molecule has 3 N–H and O–H groups in total. The quantitative estimate of drug-likeness (QED) is 0.757. The van der Waals surface area contributed by atoms with E-state index < -0.39 is 0 Å². The van der Waals surface area contributed by atoms with Gasteiger partial charge < -0.3 is 10.6 Å². The van der Waals surface area contributed by atoms with Crippen LogP contribution in [0.1, 0.15) is 24.8 Å². The van der Waals surface area contributed by atoms with Gasteiger partial charge in [-0.25, -0.2) is 5.43 Å². The van der Waals surface area contributed by atoms with E-state index in [0.29, 0.717) is 18.6 Å². The number of rotatable bonds is 2. The van der Waals surface area contributed by atoms with Crippen molar-refractivity contribution >= 4 is 28.9 Å². The Labute approximate surface area is 116 Å². The first-order valence-electron chi connectivity index (χ1n) is 6.76. The lowest BCUT2D eigenvalue weighted by Crippen LogP contribution is -2.32. The molecule has 20 heavy (non-hydrogen) atoms. The topological polar surface area (TPSA) is 82.6 Å². The molecule has 2 amide bonds. The lowest BCUT2D eigenvalue weighted by Gasteiger charge is -2.19. The average molecular weight is 272 g/mol. The number of benzene rings is 1. The van der Waals surface area contributed by atoms with Gasteiger partial charge in [-0.15, -0.1) is 0 Å². The molecule has 0 saturated carbocycles. The number of hydrazone groups is 1. The molecule has 2 aliphatic rings. The van der Waals surface area contributed by atoms with Crippen molar-refractivity contribution in [3.63, 3.8) is 0 Å². The van der Waals surface area contributed by atoms with E-state index in [1.165, 1.54) is 5.56 Å². The van der Waals surface area contributed by atoms with Crippen LogP contribution in [0.2, 0.25) is 0 Å². The fraction of sp³-hybridized carbons (Fsp3) is 0.357. The highest BCUT2D eigenvalue weighted by Gasteiger charge is 2.18. The van der Waals surface area contributed by atoms with Crippen LogP contribution in [-0.4, -0.2) is 24.1 Å². The lowest BCUT2D eigenvalue weighted by molar-refractivity contribution is -0.121. The molecule has 6 nitrogen and oxygen atoms in total. The molecular formula is C14H16N4O2. The van der Waals surface area contributed by atoms with Crippen LogP contribution in [0, 0.1) is 0 Å². The number of hydrogen-bond acceptors (Lipinski definition) is 4. The summed E-state index contributed by atoms with van der Waals surface area (Å²) in [6.07, 6.45) is 2.88. The minimum absolute atomic E-state index is 0.153. The SMILES string of the molecule is O=C1CCC(C(=O)Nc2ccc3c(c2)NCCC3)=NN1. The molecule has 0 atom stereocenters. The van der Waals surface area contributed by atoms with Crippen molar-refractivity contribution in [2.45, 2.75) is 25.7 Å². The lowest BCUT2D eigenvalue weighted by atomic mass is 10.0. The Morgan fingerprint density at radius 3 is 2.95 bits per heavy atom. The summed E-state index contributed by atoms with van der Waals surface area (Å²) in [7, 11) is 0. The second kappa shape index (κ2) is 5.32. The van der Waals surface area contributed by atoms with Gasteiger partial charge in [0.15, 0.2) is 0 Å². The van der Waals surface area contributed by atoms with Gasteiger partial charge in [-0.2, -0.15) is 5.10 Å². The Hall–Kier alpha value is -2.37. The predicted octanol–water partition coefficient (Wildman–Crippen LogP) is 1.25.